The Morgan fingerprint density at radius 3 is 2.60 bits per heavy atom. The Morgan fingerprint density at radius 2 is 1.89 bits per heavy atom. The Kier molecular flexibility index (Phi) is 5.92. The van der Waals surface area contributed by atoms with E-state index in [1.54, 1.807) is 12.1 Å². The fourth-order valence-corrected chi connectivity index (χ4v) is 4.30. The van der Waals surface area contributed by atoms with Crippen molar-refractivity contribution in [1.82, 2.24) is 9.97 Å². The standard InChI is InChI=1S/C23H15ClF2N4O4.ClH/c1-29(22(32)33)21-27-16-7-6-11(8-17(16)28-21)23(34)14-5-3-2-4-13(14)20(31)30(23)18-10-12(24)9-15(25)19(18)26;/h2-10,34H,1H3,(H,27,28)(H,32,33);1H. The number of aromatic nitrogens is 2. The number of fused-ring (bicyclic) bond motifs is 2. The molecule has 0 spiro atoms. The Labute approximate surface area is 207 Å². The highest BCUT2D eigenvalue weighted by molar-refractivity contribution is 6.31. The summed E-state index contributed by atoms with van der Waals surface area (Å²) in [5, 5.41) is 21.0. The van der Waals surface area contributed by atoms with Crippen molar-refractivity contribution in [3.8, 4) is 0 Å². The number of H-pyrrole nitrogens is 1. The molecule has 3 N–H and O–H groups in total. The highest BCUT2D eigenvalue weighted by Gasteiger charge is 2.51. The molecule has 2 heterocycles. The number of nitrogens with zero attached hydrogens (tertiary/aromatic N) is 3. The molecule has 2 amide bonds. The number of nitrogens with one attached hydrogen (secondary N) is 1. The van der Waals surface area contributed by atoms with Gasteiger partial charge in [-0.3, -0.25) is 14.6 Å². The molecule has 0 bridgehead atoms. The lowest BCUT2D eigenvalue weighted by molar-refractivity contribution is 0.0698. The first-order valence-corrected chi connectivity index (χ1v) is 10.3. The van der Waals surface area contributed by atoms with Gasteiger partial charge >= 0.3 is 6.09 Å². The third kappa shape index (κ3) is 3.57. The molecule has 1 aliphatic rings. The Hall–Kier alpha value is -3.73. The van der Waals surface area contributed by atoms with Crippen LogP contribution in [0.25, 0.3) is 11.0 Å². The number of rotatable bonds is 3. The van der Waals surface area contributed by atoms with Crippen LogP contribution in [-0.2, 0) is 5.72 Å². The van der Waals surface area contributed by atoms with Crippen LogP contribution in [0.15, 0.2) is 54.6 Å². The van der Waals surface area contributed by atoms with E-state index in [0.29, 0.717) is 11.0 Å². The molecule has 4 aromatic rings. The molecule has 0 saturated carbocycles. The number of carboxylic acid groups (broad SMARTS) is 1. The summed E-state index contributed by atoms with van der Waals surface area (Å²) in [4.78, 5) is 33.3. The summed E-state index contributed by atoms with van der Waals surface area (Å²) in [5.74, 6) is -3.35. The number of benzene rings is 3. The van der Waals surface area contributed by atoms with E-state index in [1.807, 2.05) is 0 Å². The van der Waals surface area contributed by atoms with Crippen molar-refractivity contribution in [3.05, 3.63) is 87.9 Å². The van der Waals surface area contributed by atoms with Gasteiger partial charge in [-0.15, -0.1) is 12.4 Å². The second-order valence-corrected chi connectivity index (χ2v) is 8.15. The molecule has 180 valence electrons. The third-order valence-corrected chi connectivity index (χ3v) is 5.97. The molecule has 0 aliphatic carbocycles. The van der Waals surface area contributed by atoms with Crippen LogP contribution in [0.4, 0.5) is 25.2 Å². The number of amides is 2. The minimum absolute atomic E-state index is 0. The molecule has 1 unspecified atom stereocenters. The number of halogens is 4. The monoisotopic (exact) mass is 520 g/mol. The molecule has 0 radical (unpaired) electrons. The molecule has 1 aromatic heterocycles. The Bertz CT molecular complexity index is 1510. The lowest BCUT2D eigenvalue weighted by Gasteiger charge is -2.35. The van der Waals surface area contributed by atoms with Crippen LogP contribution < -0.4 is 9.80 Å². The van der Waals surface area contributed by atoms with Gasteiger partial charge < -0.3 is 15.2 Å². The summed E-state index contributed by atoms with van der Waals surface area (Å²) in [5.41, 5.74) is -1.65. The van der Waals surface area contributed by atoms with Crippen LogP contribution in [0.1, 0.15) is 21.5 Å². The van der Waals surface area contributed by atoms with Crippen molar-refractivity contribution < 1.29 is 28.6 Å². The van der Waals surface area contributed by atoms with Gasteiger partial charge in [-0.05, 0) is 30.3 Å². The largest absolute Gasteiger partial charge is 0.465 e. The highest BCUT2D eigenvalue weighted by Crippen LogP contribution is 2.46. The zero-order valence-electron chi connectivity index (χ0n) is 17.8. The first kappa shape index (κ1) is 24.4. The molecular weight excluding hydrogens is 505 g/mol. The van der Waals surface area contributed by atoms with Gasteiger partial charge in [0.2, 0.25) is 5.95 Å². The van der Waals surface area contributed by atoms with Gasteiger partial charge in [-0.2, -0.15) is 0 Å². The molecule has 0 saturated heterocycles. The predicted molar refractivity (Wildman–Crippen MR) is 127 cm³/mol. The van der Waals surface area contributed by atoms with Gasteiger partial charge in [0.1, 0.15) is 0 Å². The lowest BCUT2D eigenvalue weighted by atomic mass is 9.93. The number of aliphatic hydroxyl groups is 1. The number of hydrogen-bond donors (Lipinski definition) is 3. The minimum atomic E-state index is -2.23. The van der Waals surface area contributed by atoms with Crippen molar-refractivity contribution >= 4 is 58.7 Å². The smallest absolute Gasteiger partial charge is 0.413 e. The molecule has 5 rings (SSSR count). The number of carbonyl (C=O) groups is 2. The maximum absolute atomic E-state index is 14.9. The topological polar surface area (TPSA) is 110 Å². The Morgan fingerprint density at radius 1 is 1.17 bits per heavy atom. The fourth-order valence-electron chi connectivity index (χ4n) is 4.10. The predicted octanol–water partition coefficient (Wildman–Crippen LogP) is 4.88. The zero-order chi connectivity index (χ0) is 24.4. The Balaban J connectivity index is 0.00000289. The zero-order valence-corrected chi connectivity index (χ0v) is 19.4. The average Bonchev–Trinajstić information content (AvgIpc) is 3.33. The van der Waals surface area contributed by atoms with Crippen molar-refractivity contribution in [2.45, 2.75) is 5.72 Å². The fraction of sp³-hybridized carbons (Fsp3) is 0.0870. The lowest BCUT2D eigenvalue weighted by Crippen LogP contribution is -2.45. The van der Waals surface area contributed by atoms with Gasteiger partial charge in [-0.1, -0.05) is 35.9 Å². The summed E-state index contributed by atoms with van der Waals surface area (Å²) >= 11 is 5.94. The quantitative estimate of drug-likeness (QED) is 0.333. The molecule has 1 aliphatic heterocycles. The number of hydrogen-bond acceptors (Lipinski definition) is 4. The van der Waals surface area contributed by atoms with E-state index in [2.05, 4.69) is 9.97 Å². The molecule has 8 nitrogen and oxygen atoms in total. The van der Waals surface area contributed by atoms with Gasteiger partial charge in [0, 0.05) is 28.8 Å². The van der Waals surface area contributed by atoms with Crippen LogP contribution >= 0.6 is 24.0 Å². The van der Waals surface area contributed by atoms with E-state index in [1.165, 1.54) is 37.4 Å². The molecule has 3 aromatic carbocycles. The maximum atomic E-state index is 14.9. The van der Waals surface area contributed by atoms with Crippen LogP contribution in [0.3, 0.4) is 0 Å². The average molecular weight is 521 g/mol. The van der Waals surface area contributed by atoms with Crippen LogP contribution in [-0.4, -0.2) is 39.2 Å². The molecule has 0 fully saturated rings. The highest BCUT2D eigenvalue weighted by atomic mass is 35.5. The second-order valence-electron chi connectivity index (χ2n) is 7.71. The van der Waals surface area contributed by atoms with E-state index in [4.69, 9.17) is 11.6 Å². The van der Waals surface area contributed by atoms with E-state index in [9.17, 15) is 28.6 Å². The van der Waals surface area contributed by atoms with Gasteiger partial charge in [0.25, 0.3) is 5.91 Å². The summed E-state index contributed by atoms with van der Waals surface area (Å²) in [7, 11) is 1.30. The third-order valence-electron chi connectivity index (χ3n) is 5.75. The van der Waals surface area contributed by atoms with E-state index in [-0.39, 0.29) is 40.1 Å². The normalized spacial score (nSPS) is 16.8. The number of anilines is 2. The van der Waals surface area contributed by atoms with Crippen molar-refractivity contribution in [2.75, 3.05) is 16.8 Å². The summed E-state index contributed by atoms with van der Waals surface area (Å²) < 4.78 is 29.1. The summed E-state index contributed by atoms with van der Waals surface area (Å²) in [6.07, 6.45) is -1.24. The SMILES string of the molecule is CN(C(=O)O)c1nc2ccc(C3(O)c4ccccc4C(=O)N3c3cc(Cl)cc(F)c3F)cc2[nH]1.Cl. The summed E-state index contributed by atoms with van der Waals surface area (Å²) in [6.45, 7) is 0. The van der Waals surface area contributed by atoms with Gasteiger partial charge in [0.15, 0.2) is 17.4 Å². The molecular formula is C23H16Cl2F2N4O4. The first-order chi connectivity index (χ1) is 16.1. The maximum Gasteiger partial charge on any atom is 0.413 e. The number of carbonyl (C=O) groups excluding carboxylic acids is 1. The first-order valence-electron chi connectivity index (χ1n) is 9.90. The van der Waals surface area contributed by atoms with Crippen LogP contribution in [0, 0.1) is 11.6 Å². The molecule has 35 heavy (non-hydrogen) atoms. The number of imidazole rings is 1. The van der Waals surface area contributed by atoms with E-state index in [0.717, 1.165) is 21.9 Å². The van der Waals surface area contributed by atoms with Crippen LogP contribution in [0.5, 0.6) is 0 Å². The van der Waals surface area contributed by atoms with Gasteiger partial charge in [-0.25, -0.2) is 18.6 Å². The summed E-state index contributed by atoms with van der Waals surface area (Å²) in [6, 6.07) is 12.4. The van der Waals surface area contributed by atoms with Crippen LogP contribution in [0.2, 0.25) is 5.02 Å². The van der Waals surface area contributed by atoms with E-state index < -0.39 is 35.0 Å². The minimum Gasteiger partial charge on any atom is -0.465 e. The number of aromatic amines is 1. The second kappa shape index (κ2) is 8.49. The van der Waals surface area contributed by atoms with Gasteiger partial charge in [0.05, 0.1) is 16.7 Å². The van der Waals surface area contributed by atoms with Crippen molar-refractivity contribution in [3.63, 3.8) is 0 Å². The molecule has 12 heteroatoms. The van der Waals surface area contributed by atoms with Crippen molar-refractivity contribution in [2.24, 2.45) is 0 Å². The molecule has 1 atom stereocenters. The van der Waals surface area contributed by atoms with Crippen molar-refractivity contribution in [1.29, 1.82) is 0 Å². The van der Waals surface area contributed by atoms with E-state index >= 15 is 0 Å².